The number of aliphatic carboxylic acids is 1. The summed E-state index contributed by atoms with van der Waals surface area (Å²) in [5.74, 6) is -0.407. The molecular weight excluding hydrogens is 182 g/mol. The first-order valence-electron chi connectivity index (χ1n) is 5.11. The third-order valence-corrected chi connectivity index (χ3v) is 2.36. The number of rotatable bonds is 6. The van der Waals surface area contributed by atoms with Gasteiger partial charge in [-0.1, -0.05) is 0 Å². The summed E-state index contributed by atoms with van der Waals surface area (Å²) in [6.07, 6.45) is 3.57. The average molecular weight is 199 g/mol. The van der Waals surface area contributed by atoms with Crippen molar-refractivity contribution in [2.45, 2.75) is 45.1 Å². The molecule has 1 aliphatic rings. The number of amides is 1. The molecule has 0 aliphatic heterocycles. The molecule has 4 nitrogen and oxygen atoms in total. The van der Waals surface area contributed by atoms with Crippen molar-refractivity contribution in [2.75, 3.05) is 0 Å². The largest absolute Gasteiger partial charge is 0.481 e. The predicted molar refractivity (Wildman–Crippen MR) is 51.8 cm³/mol. The van der Waals surface area contributed by atoms with Crippen LogP contribution >= 0.6 is 0 Å². The predicted octanol–water partition coefficient (Wildman–Crippen LogP) is 1.16. The van der Waals surface area contributed by atoms with Crippen LogP contribution in [0.15, 0.2) is 0 Å². The van der Waals surface area contributed by atoms with E-state index in [2.05, 4.69) is 5.32 Å². The molecule has 1 aliphatic carbocycles. The third kappa shape index (κ3) is 4.25. The van der Waals surface area contributed by atoms with Crippen LogP contribution in [0.5, 0.6) is 0 Å². The van der Waals surface area contributed by atoms with Gasteiger partial charge in [0.05, 0.1) is 0 Å². The highest BCUT2D eigenvalue weighted by atomic mass is 16.4. The van der Waals surface area contributed by atoms with E-state index in [1.807, 2.05) is 6.92 Å². The Morgan fingerprint density at radius 2 is 2.14 bits per heavy atom. The standard InChI is InChI=1S/C10H17NO3/c1-7(3-2-4-9(12)13)11-10(14)8-5-6-8/h7-8H,2-6H2,1H3,(H,11,14)(H,12,13). The molecule has 0 radical (unpaired) electrons. The van der Waals surface area contributed by atoms with Gasteiger partial charge in [-0.25, -0.2) is 0 Å². The Morgan fingerprint density at radius 3 is 2.64 bits per heavy atom. The molecule has 0 bridgehead atoms. The molecular formula is C10H17NO3. The Hall–Kier alpha value is -1.06. The normalized spacial score (nSPS) is 17.5. The molecule has 1 unspecified atom stereocenters. The zero-order valence-corrected chi connectivity index (χ0v) is 8.45. The zero-order chi connectivity index (χ0) is 10.6. The molecule has 2 N–H and O–H groups in total. The quantitative estimate of drug-likeness (QED) is 0.674. The van der Waals surface area contributed by atoms with Gasteiger partial charge in [-0.05, 0) is 32.6 Å². The van der Waals surface area contributed by atoms with E-state index in [4.69, 9.17) is 5.11 Å². The van der Waals surface area contributed by atoms with E-state index in [1.165, 1.54) is 0 Å². The van der Waals surface area contributed by atoms with Gasteiger partial charge in [0.15, 0.2) is 0 Å². The number of hydrogen-bond donors (Lipinski definition) is 2. The Bertz CT molecular complexity index is 223. The molecule has 4 heteroatoms. The molecule has 0 aromatic carbocycles. The van der Waals surface area contributed by atoms with Crippen molar-refractivity contribution in [1.29, 1.82) is 0 Å². The minimum Gasteiger partial charge on any atom is -0.481 e. The summed E-state index contributed by atoms with van der Waals surface area (Å²) >= 11 is 0. The third-order valence-electron chi connectivity index (χ3n) is 2.36. The highest BCUT2D eigenvalue weighted by Crippen LogP contribution is 2.28. The van der Waals surface area contributed by atoms with Crippen LogP contribution in [0.1, 0.15) is 39.0 Å². The van der Waals surface area contributed by atoms with E-state index in [0.29, 0.717) is 6.42 Å². The van der Waals surface area contributed by atoms with Gasteiger partial charge in [-0.2, -0.15) is 0 Å². The van der Waals surface area contributed by atoms with Crippen molar-refractivity contribution in [3.8, 4) is 0 Å². The fourth-order valence-corrected chi connectivity index (χ4v) is 1.34. The minimum atomic E-state index is -0.772. The number of carboxylic acids is 1. The summed E-state index contributed by atoms with van der Waals surface area (Å²) < 4.78 is 0. The summed E-state index contributed by atoms with van der Waals surface area (Å²) in [7, 11) is 0. The van der Waals surface area contributed by atoms with Crippen molar-refractivity contribution < 1.29 is 14.7 Å². The minimum absolute atomic E-state index is 0.0995. The fourth-order valence-electron chi connectivity index (χ4n) is 1.34. The first-order valence-corrected chi connectivity index (χ1v) is 5.11. The maximum Gasteiger partial charge on any atom is 0.303 e. The number of carboxylic acid groups (broad SMARTS) is 1. The second-order valence-electron chi connectivity index (χ2n) is 3.97. The molecule has 1 fully saturated rings. The van der Waals surface area contributed by atoms with Gasteiger partial charge in [-0.3, -0.25) is 9.59 Å². The fraction of sp³-hybridized carbons (Fsp3) is 0.800. The van der Waals surface area contributed by atoms with Crippen molar-refractivity contribution in [3.63, 3.8) is 0 Å². The molecule has 0 saturated heterocycles. The molecule has 1 rings (SSSR count). The van der Waals surface area contributed by atoms with E-state index >= 15 is 0 Å². The number of carbonyl (C=O) groups excluding carboxylic acids is 1. The lowest BCUT2D eigenvalue weighted by atomic mass is 10.1. The highest BCUT2D eigenvalue weighted by molar-refractivity contribution is 5.81. The first kappa shape index (κ1) is 11.0. The van der Waals surface area contributed by atoms with Crippen LogP contribution in [0.3, 0.4) is 0 Å². The van der Waals surface area contributed by atoms with Crippen LogP contribution in [-0.2, 0) is 9.59 Å². The summed E-state index contributed by atoms with van der Waals surface area (Å²) in [5, 5.41) is 11.3. The van der Waals surface area contributed by atoms with E-state index in [9.17, 15) is 9.59 Å². The van der Waals surface area contributed by atoms with E-state index in [0.717, 1.165) is 19.3 Å². The highest BCUT2D eigenvalue weighted by Gasteiger charge is 2.29. The Labute approximate surface area is 83.7 Å². The lowest BCUT2D eigenvalue weighted by Gasteiger charge is -2.12. The summed E-state index contributed by atoms with van der Waals surface area (Å²) in [4.78, 5) is 21.5. The van der Waals surface area contributed by atoms with Crippen LogP contribution < -0.4 is 5.32 Å². The van der Waals surface area contributed by atoms with Crippen LogP contribution in [0, 0.1) is 5.92 Å². The summed E-state index contributed by atoms with van der Waals surface area (Å²) in [6, 6.07) is 0.0995. The van der Waals surface area contributed by atoms with Crippen molar-refractivity contribution in [3.05, 3.63) is 0 Å². The van der Waals surface area contributed by atoms with Crippen LogP contribution in [0.4, 0.5) is 0 Å². The van der Waals surface area contributed by atoms with Gasteiger partial charge in [0.1, 0.15) is 0 Å². The molecule has 0 heterocycles. The number of carbonyl (C=O) groups is 2. The maximum atomic E-state index is 11.3. The molecule has 14 heavy (non-hydrogen) atoms. The van der Waals surface area contributed by atoms with Gasteiger partial charge < -0.3 is 10.4 Å². The van der Waals surface area contributed by atoms with Crippen LogP contribution in [-0.4, -0.2) is 23.0 Å². The van der Waals surface area contributed by atoms with Gasteiger partial charge >= 0.3 is 5.97 Å². The van der Waals surface area contributed by atoms with Crippen molar-refractivity contribution in [1.82, 2.24) is 5.32 Å². The molecule has 0 spiro atoms. The average Bonchev–Trinajstić information content (AvgIpc) is 2.84. The molecule has 0 aromatic rings. The topological polar surface area (TPSA) is 66.4 Å². The number of nitrogens with one attached hydrogen (secondary N) is 1. The summed E-state index contributed by atoms with van der Waals surface area (Å²) in [6.45, 7) is 1.92. The first-order chi connectivity index (χ1) is 6.59. The van der Waals surface area contributed by atoms with E-state index in [1.54, 1.807) is 0 Å². The van der Waals surface area contributed by atoms with Crippen molar-refractivity contribution in [2.24, 2.45) is 5.92 Å². The second-order valence-corrected chi connectivity index (χ2v) is 3.97. The Morgan fingerprint density at radius 1 is 1.50 bits per heavy atom. The van der Waals surface area contributed by atoms with E-state index in [-0.39, 0.29) is 24.3 Å². The molecule has 1 atom stereocenters. The second kappa shape index (κ2) is 4.98. The smallest absolute Gasteiger partial charge is 0.303 e. The van der Waals surface area contributed by atoms with Crippen molar-refractivity contribution >= 4 is 11.9 Å². The molecule has 80 valence electrons. The zero-order valence-electron chi connectivity index (χ0n) is 8.45. The van der Waals surface area contributed by atoms with E-state index < -0.39 is 5.97 Å². The Balaban J connectivity index is 2.05. The monoisotopic (exact) mass is 199 g/mol. The maximum absolute atomic E-state index is 11.3. The molecule has 0 aromatic heterocycles. The van der Waals surface area contributed by atoms with Gasteiger partial charge in [0.2, 0.25) is 5.91 Å². The van der Waals surface area contributed by atoms with Crippen LogP contribution in [0.25, 0.3) is 0 Å². The molecule has 1 saturated carbocycles. The van der Waals surface area contributed by atoms with Crippen LogP contribution in [0.2, 0.25) is 0 Å². The Kier molecular flexibility index (Phi) is 3.92. The SMILES string of the molecule is CC(CCCC(=O)O)NC(=O)C1CC1. The lowest BCUT2D eigenvalue weighted by molar-refractivity contribution is -0.137. The van der Waals surface area contributed by atoms with Gasteiger partial charge in [-0.15, -0.1) is 0 Å². The van der Waals surface area contributed by atoms with Gasteiger partial charge in [0.25, 0.3) is 0 Å². The van der Waals surface area contributed by atoms with Gasteiger partial charge in [0, 0.05) is 18.4 Å². The molecule has 1 amide bonds. The summed E-state index contributed by atoms with van der Waals surface area (Å²) in [5.41, 5.74) is 0. The lowest BCUT2D eigenvalue weighted by Crippen LogP contribution is -2.33. The number of hydrogen-bond acceptors (Lipinski definition) is 2.